The summed E-state index contributed by atoms with van der Waals surface area (Å²) in [6.45, 7) is 5.00. The van der Waals surface area contributed by atoms with Crippen LogP contribution in [0.3, 0.4) is 0 Å². The Kier molecular flexibility index (Phi) is 10.0. The largest absolute Gasteiger partial charge is 0.481 e. The summed E-state index contributed by atoms with van der Waals surface area (Å²) in [6.07, 6.45) is 6.25. The second-order valence-corrected chi connectivity index (χ2v) is 8.01. The second-order valence-electron chi connectivity index (χ2n) is 5.18. The van der Waals surface area contributed by atoms with Gasteiger partial charge in [0.05, 0.1) is 6.61 Å². The summed E-state index contributed by atoms with van der Waals surface area (Å²) in [7, 11) is -9.87. The molecule has 0 unspecified atom stereocenters. The van der Waals surface area contributed by atoms with Crippen LogP contribution in [-0.2, 0) is 22.8 Å². The van der Waals surface area contributed by atoms with Crippen LogP contribution in [0.2, 0.25) is 0 Å². The molecular weight excluding hydrogens is 346 g/mol. The maximum absolute atomic E-state index is 11.2. The average Bonchev–Trinajstić information content (AvgIpc) is 2.33. The van der Waals surface area contributed by atoms with Gasteiger partial charge in [-0.15, -0.1) is 0 Å². The van der Waals surface area contributed by atoms with E-state index in [1.54, 1.807) is 13.8 Å². The van der Waals surface area contributed by atoms with E-state index in [0.29, 0.717) is 12.8 Å². The lowest BCUT2D eigenvalue weighted by Crippen LogP contribution is -1.94. The maximum Gasteiger partial charge on any atom is 0.481 e. The van der Waals surface area contributed by atoms with Gasteiger partial charge in [0.1, 0.15) is 5.78 Å². The molecule has 134 valence electrons. The zero-order valence-corrected chi connectivity index (χ0v) is 15.3. The Morgan fingerprint density at radius 1 is 0.957 bits per heavy atom. The van der Waals surface area contributed by atoms with Crippen LogP contribution < -0.4 is 0 Å². The van der Waals surface area contributed by atoms with Gasteiger partial charge in [0, 0.05) is 6.42 Å². The fourth-order valence-electron chi connectivity index (χ4n) is 1.56. The van der Waals surface area contributed by atoms with Gasteiger partial charge in [-0.2, -0.15) is 4.31 Å². The van der Waals surface area contributed by atoms with Crippen LogP contribution in [0.1, 0.15) is 46.5 Å². The van der Waals surface area contributed by atoms with Gasteiger partial charge in [-0.3, -0.25) is 4.52 Å². The number of phosphoric acid groups is 2. The molecule has 0 bridgehead atoms. The minimum Gasteiger partial charge on any atom is -0.302 e. The molecule has 0 aliphatic heterocycles. The van der Waals surface area contributed by atoms with E-state index in [9.17, 15) is 13.9 Å². The first-order valence-corrected chi connectivity index (χ1v) is 9.99. The molecule has 10 heteroatoms. The number of hydrogen-bond donors (Lipinski definition) is 3. The van der Waals surface area contributed by atoms with Crippen LogP contribution >= 0.6 is 15.6 Å². The van der Waals surface area contributed by atoms with E-state index in [4.69, 9.17) is 14.7 Å². The lowest BCUT2D eigenvalue weighted by molar-refractivity contribution is -0.116. The Hall–Kier alpha value is -0.590. The van der Waals surface area contributed by atoms with Gasteiger partial charge >= 0.3 is 15.6 Å². The molecule has 0 radical (unpaired) electrons. The van der Waals surface area contributed by atoms with E-state index >= 15 is 0 Å². The molecular formula is C13H24O8P2. The quantitative estimate of drug-likeness (QED) is 0.373. The molecule has 0 fully saturated rings. The topological polar surface area (TPSA) is 130 Å². The summed E-state index contributed by atoms with van der Waals surface area (Å²) in [4.78, 5) is 36.8. The van der Waals surface area contributed by atoms with Gasteiger partial charge in [0.2, 0.25) is 0 Å². The highest BCUT2D eigenvalue weighted by Gasteiger charge is 2.31. The molecule has 0 saturated heterocycles. The smallest absolute Gasteiger partial charge is 0.302 e. The molecule has 1 atom stereocenters. The first kappa shape index (κ1) is 22.4. The van der Waals surface area contributed by atoms with Crippen molar-refractivity contribution in [2.24, 2.45) is 0 Å². The average molecular weight is 370 g/mol. The number of carbonyl (C=O) groups excluding carboxylic acids is 1. The predicted octanol–water partition coefficient (Wildman–Crippen LogP) is 3.25. The number of rotatable bonds is 11. The van der Waals surface area contributed by atoms with E-state index in [-0.39, 0.29) is 12.4 Å². The van der Waals surface area contributed by atoms with E-state index < -0.39 is 15.6 Å². The Morgan fingerprint density at radius 2 is 1.52 bits per heavy atom. The molecule has 0 heterocycles. The van der Waals surface area contributed by atoms with Crippen molar-refractivity contribution in [2.75, 3.05) is 6.61 Å². The number of Topliss-reactive ketones (excluding diaryl/α,β-unsaturated/α-hetero) is 1. The third-order valence-corrected chi connectivity index (χ3v) is 4.93. The van der Waals surface area contributed by atoms with Crippen molar-refractivity contribution in [2.45, 2.75) is 46.5 Å². The molecule has 0 aliphatic rings. The lowest BCUT2D eigenvalue weighted by Gasteiger charge is -2.11. The minimum atomic E-state index is -5.08. The molecule has 0 saturated carbocycles. The van der Waals surface area contributed by atoms with Crippen LogP contribution in [0.4, 0.5) is 0 Å². The van der Waals surface area contributed by atoms with Gasteiger partial charge < -0.3 is 19.5 Å². The van der Waals surface area contributed by atoms with Gasteiger partial charge in [0.25, 0.3) is 0 Å². The Labute approximate surface area is 136 Å². The van der Waals surface area contributed by atoms with Crippen LogP contribution in [0, 0.1) is 0 Å². The molecule has 23 heavy (non-hydrogen) atoms. The predicted molar refractivity (Wildman–Crippen MR) is 85.6 cm³/mol. The fourth-order valence-corrected chi connectivity index (χ4v) is 3.08. The second kappa shape index (κ2) is 10.3. The van der Waals surface area contributed by atoms with Crippen molar-refractivity contribution in [1.29, 1.82) is 0 Å². The van der Waals surface area contributed by atoms with Gasteiger partial charge in [0.15, 0.2) is 0 Å². The zero-order valence-electron chi connectivity index (χ0n) is 13.5. The normalized spacial score (nSPS) is 16.3. The number of allylic oxidation sites excluding steroid dienone is 3. The summed E-state index contributed by atoms with van der Waals surface area (Å²) in [6, 6.07) is 0. The van der Waals surface area contributed by atoms with Crippen LogP contribution in [-0.4, -0.2) is 27.1 Å². The van der Waals surface area contributed by atoms with Crippen molar-refractivity contribution in [3.8, 4) is 0 Å². The third kappa shape index (κ3) is 14.7. The monoisotopic (exact) mass is 370 g/mol. The minimum absolute atomic E-state index is 0.150. The van der Waals surface area contributed by atoms with Gasteiger partial charge in [-0.25, -0.2) is 9.13 Å². The van der Waals surface area contributed by atoms with Crippen molar-refractivity contribution in [3.05, 3.63) is 23.3 Å². The number of ketones is 1. The molecule has 0 rings (SSSR count). The molecule has 0 aliphatic carbocycles. The number of phosphoric ester groups is 1. The van der Waals surface area contributed by atoms with Gasteiger partial charge in [-0.05, 0) is 40.0 Å². The summed E-state index contributed by atoms with van der Waals surface area (Å²) in [5.74, 6) is 0.150. The van der Waals surface area contributed by atoms with E-state index in [2.05, 4.69) is 8.83 Å². The highest BCUT2D eigenvalue weighted by molar-refractivity contribution is 7.60. The molecule has 0 amide bonds. The zero-order chi connectivity index (χ0) is 18.1. The Bertz CT molecular complexity index is 546. The molecule has 0 spiro atoms. The van der Waals surface area contributed by atoms with Crippen molar-refractivity contribution < 1.29 is 37.4 Å². The number of hydrogen-bond acceptors (Lipinski definition) is 5. The van der Waals surface area contributed by atoms with Crippen LogP contribution in [0.5, 0.6) is 0 Å². The summed E-state index contributed by atoms with van der Waals surface area (Å²) >= 11 is 0. The van der Waals surface area contributed by atoms with Gasteiger partial charge in [-0.1, -0.05) is 23.3 Å². The Morgan fingerprint density at radius 3 is 2.04 bits per heavy atom. The lowest BCUT2D eigenvalue weighted by atomic mass is 10.1. The third-order valence-electron chi connectivity index (χ3n) is 2.78. The highest BCUT2D eigenvalue weighted by atomic mass is 31.3. The van der Waals surface area contributed by atoms with Crippen LogP contribution in [0.25, 0.3) is 0 Å². The van der Waals surface area contributed by atoms with Crippen molar-refractivity contribution >= 4 is 21.4 Å². The molecule has 0 aromatic heterocycles. The maximum atomic E-state index is 11.2. The highest BCUT2D eigenvalue weighted by Crippen LogP contribution is 2.57. The van der Waals surface area contributed by atoms with E-state index in [0.717, 1.165) is 24.0 Å². The SMILES string of the molecule is CC(=O)CC/C(C)=C/CC/C(C)=C/CO[P@@](=O)(O)OP(=O)(O)O. The summed E-state index contributed by atoms with van der Waals surface area (Å²) < 4.78 is 29.7. The first-order valence-electron chi connectivity index (χ1n) is 6.96. The van der Waals surface area contributed by atoms with Crippen molar-refractivity contribution in [1.82, 2.24) is 0 Å². The van der Waals surface area contributed by atoms with E-state index in [1.165, 1.54) is 6.08 Å². The molecule has 0 aromatic rings. The van der Waals surface area contributed by atoms with Crippen molar-refractivity contribution in [3.63, 3.8) is 0 Å². The van der Waals surface area contributed by atoms with Crippen LogP contribution in [0.15, 0.2) is 23.3 Å². The molecule has 8 nitrogen and oxygen atoms in total. The first-order chi connectivity index (χ1) is 10.4. The molecule has 0 aromatic carbocycles. The fraction of sp³-hybridized carbons (Fsp3) is 0.615. The molecule has 3 N–H and O–H groups in total. The van der Waals surface area contributed by atoms with E-state index in [1.807, 2.05) is 13.0 Å². The summed E-state index contributed by atoms with van der Waals surface area (Å²) in [5, 5.41) is 0. The number of carbonyl (C=O) groups is 1. The Balaban J connectivity index is 4.18. The standard InChI is InChI=1S/C13H24O8P2/c1-11(7-8-13(3)14)5-4-6-12(2)9-10-20-23(18,19)21-22(15,16)17/h5,9H,4,6-8,10H2,1-3H3,(H,18,19)(H2,15,16,17)/b11-5+,12-9+. The summed E-state index contributed by atoms with van der Waals surface area (Å²) in [5.41, 5.74) is 2.01.